The van der Waals surface area contributed by atoms with E-state index in [1.807, 2.05) is 11.4 Å². The fourth-order valence-electron chi connectivity index (χ4n) is 1.99. The van der Waals surface area contributed by atoms with Crippen molar-refractivity contribution in [3.63, 3.8) is 0 Å². The lowest BCUT2D eigenvalue weighted by atomic mass is 10.2. The van der Waals surface area contributed by atoms with Gasteiger partial charge in [0.2, 0.25) is 5.91 Å². The molecular weight excluding hydrogens is 340 g/mol. The summed E-state index contributed by atoms with van der Waals surface area (Å²) in [5.74, 6) is -0.591. The zero-order valence-electron chi connectivity index (χ0n) is 14.0. The second-order valence-electron chi connectivity index (χ2n) is 5.22. The quantitative estimate of drug-likeness (QED) is 0.636. The molecule has 0 spiro atoms. The van der Waals surface area contributed by atoms with Gasteiger partial charge in [-0.3, -0.25) is 14.9 Å². The highest BCUT2D eigenvalue weighted by atomic mass is 32.1. The van der Waals surface area contributed by atoms with E-state index in [9.17, 15) is 14.4 Å². The predicted octanol–water partition coefficient (Wildman–Crippen LogP) is 2.65. The lowest BCUT2D eigenvalue weighted by molar-refractivity contribution is -0.120. The Morgan fingerprint density at radius 3 is 2.36 bits per heavy atom. The van der Waals surface area contributed by atoms with Crippen molar-refractivity contribution in [2.45, 2.75) is 19.9 Å². The maximum Gasteiger partial charge on any atom is 0.321 e. The summed E-state index contributed by atoms with van der Waals surface area (Å²) in [7, 11) is 0. The molecule has 25 heavy (non-hydrogen) atoms. The second-order valence-corrected chi connectivity index (χ2v) is 6.17. The molecule has 0 aliphatic rings. The van der Waals surface area contributed by atoms with E-state index in [1.165, 1.54) is 11.3 Å². The van der Waals surface area contributed by atoms with E-state index in [4.69, 9.17) is 0 Å². The van der Waals surface area contributed by atoms with E-state index in [1.54, 1.807) is 44.2 Å². The van der Waals surface area contributed by atoms with Crippen LogP contribution in [-0.4, -0.2) is 30.4 Å². The number of urea groups is 1. The highest BCUT2D eigenvalue weighted by Gasteiger charge is 2.15. The molecule has 0 saturated heterocycles. The minimum atomic E-state index is -0.589. The number of benzene rings is 1. The van der Waals surface area contributed by atoms with Crippen LogP contribution in [0, 0.1) is 0 Å². The van der Waals surface area contributed by atoms with Crippen molar-refractivity contribution in [2.24, 2.45) is 0 Å². The van der Waals surface area contributed by atoms with E-state index in [0.29, 0.717) is 22.8 Å². The Balaban J connectivity index is 1.88. The maximum absolute atomic E-state index is 12.0. The first-order valence-corrected chi connectivity index (χ1v) is 8.67. The van der Waals surface area contributed by atoms with E-state index in [-0.39, 0.29) is 5.91 Å². The molecule has 2 rings (SSSR count). The number of nitrogens with one attached hydrogen (secondary N) is 4. The number of imide groups is 1. The fourth-order valence-corrected chi connectivity index (χ4v) is 2.61. The van der Waals surface area contributed by atoms with Crippen molar-refractivity contribution in [2.75, 3.05) is 17.2 Å². The third kappa shape index (κ3) is 5.61. The Bertz CT molecular complexity index is 729. The standard InChI is InChI=1S/C17H20N4O3S/c1-3-18-17(24)21-15(22)11(2)19-12-6-8-13(9-7-12)20-16(23)14-5-4-10-25-14/h4-11,19H,3H2,1-2H3,(H,20,23)(H2,18,21,22,24). The summed E-state index contributed by atoms with van der Waals surface area (Å²) in [6, 6.07) is 9.44. The van der Waals surface area contributed by atoms with Gasteiger partial charge in [0.05, 0.1) is 4.88 Å². The molecule has 0 bridgehead atoms. The number of hydrogen-bond acceptors (Lipinski definition) is 5. The number of hydrogen-bond donors (Lipinski definition) is 4. The zero-order valence-corrected chi connectivity index (χ0v) is 14.8. The van der Waals surface area contributed by atoms with Gasteiger partial charge in [-0.15, -0.1) is 11.3 Å². The summed E-state index contributed by atoms with van der Waals surface area (Å²) >= 11 is 1.37. The van der Waals surface area contributed by atoms with Gasteiger partial charge in [-0.25, -0.2) is 4.79 Å². The van der Waals surface area contributed by atoms with Crippen LogP contribution in [0.25, 0.3) is 0 Å². The molecule has 1 unspecified atom stereocenters. The summed E-state index contributed by atoms with van der Waals surface area (Å²) in [6.45, 7) is 3.87. The Kier molecular flexibility index (Phi) is 6.53. The normalized spacial score (nSPS) is 11.3. The average molecular weight is 360 g/mol. The summed E-state index contributed by atoms with van der Waals surface area (Å²) < 4.78 is 0. The predicted molar refractivity (Wildman–Crippen MR) is 99.0 cm³/mol. The van der Waals surface area contributed by atoms with Gasteiger partial charge in [0.25, 0.3) is 5.91 Å². The fraction of sp³-hybridized carbons (Fsp3) is 0.235. The van der Waals surface area contributed by atoms with Crippen LogP contribution in [0.3, 0.4) is 0 Å². The number of anilines is 2. The highest BCUT2D eigenvalue weighted by Crippen LogP contribution is 2.17. The van der Waals surface area contributed by atoms with Crippen LogP contribution in [0.15, 0.2) is 41.8 Å². The molecule has 7 nitrogen and oxygen atoms in total. The van der Waals surface area contributed by atoms with Crippen LogP contribution in [0.1, 0.15) is 23.5 Å². The Morgan fingerprint density at radius 2 is 1.76 bits per heavy atom. The molecule has 1 atom stereocenters. The third-order valence-corrected chi connectivity index (χ3v) is 4.11. The Morgan fingerprint density at radius 1 is 1.08 bits per heavy atom. The van der Waals surface area contributed by atoms with Crippen molar-refractivity contribution in [1.29, 1.82) is 0 Å². The summed E-state index contributed by atoms with van der Waals surface area (Å²) in [5, 5.41) is 12.4. The molecule has 0 aliphatic carbocycles. The molecular formula is C17H20N4O3S. The van der Waals surface area contributed by atoms with Gasteiger partial charge in [-0.1, -0.05) is 6.07 Å². The molecule has 0 radical (unpaired) electrons. The maximum atomic E-state index is 12.0. The minimum Gasteiger partial charge on any atom is -0.374 e. The first-order valence-electron chi connectivity index (χ1n) is 7.79. The van der Waals surface area contributed by atoms with Gasteiger partial charge in [0, 0.05) is 17.9 Å². The molecule has 8 heteroatoms. The summed E-state index contributed by atoms with van der Waals surface area (Å²) in [4.78, 5) is 35.8. The molecule has 1 aromatic heterocycles. The Hall–Kier alpha value is -2.87. The van der Waals surface area contributed by atoms with E-state index in [0.717, 1.165) is 0 Å². The first-order chi connectivity index (χ1) is 12.0. The van der Waals surface area contributed by atoms with Crippen LogP contribution in [-0.2, 0) is 4.79 Å². The molecule has 0 saturated carbocycles. The molecule has 132 valence electrons. The lowest BCUT2D eigenvalue weighted by Crippen LogP contribution is -2.45. The Labute approximate surface area is 149 Å². The van der Waals surface area contributed by atoms with Crippen LogP contribution in [0.5, 0.6) is 0 Å². The molecule has 0 aliphatic heterocycles. The van der Waals surface area contributed by atoms with Crippen molar-refractivity contribution in [3.8, 4) is 0 Å². The SMILES string of the molecule is CCNC(=O)NC(=O)C(C)Nc1ccc(NC(=O)c2cccs2)cc1. The van der Waals surface area contributed by atoms with Gasteiger partial charge in [0.15, 0.2) is 0 Å². The van der Waals surface area contributed by atoms with Gasteiger partial charge in [-0.2, -0.15) is 0 Å². The molecule has 4 amide bonds. The summed E-state index contributed by atoms with van der Waals surface area (Å²) in [6.07, 6.45) is 0. The largest absolute Gasteiger partial charge is 0.374 e. The van der Waals surface area contributed by atoms with Crippen molar-refractivity contribution >= 4 is 40.6 Å². The van der Waals surface area contributed by atoms with Crippen molar-refractivity contribution in [1.82, 2.24) is 10.6 Å². The molecule has 2 aromatic rings. The van der Waals surface area contributed by atoms with Crippen LogP contribution in [0.2, 0.25) is 0 Å². The number of carbonyl (C=O) groups excluding carboxylic acids is 3. The number of carbonyl (C=O) groups is 3. The van der Waals surface area contributed by atoms with Crippen molar-refractivity contribution in [3.05, 3.63) is 46.7 Å². The second kappa shape index (κ2) is 8.84. The van der Waals surface area contributed by atoms with Gasteiger partial charge >= 0.3 is 6.03 Å². The van der Waals surface area contributed by atoms with Crippen LogP contribution < -0.4 is 21.3 Å². The van der Waals surface area contributed by atoms with E-state index >= 15 is 0 Å². The first kappa shape index (κ1) is 18.5. The van der Waals surface area contributed by atoms with Gasteiger partial charge in [0.1, 0.15) is 6.04 Å². The summed E-state index contributed by atoms with van der Waals surface area (Å²) in [5.41, 5.74) is 1.36. The molecule has 0 fully saturated rings. The average Bonchev–Trinajstić information content (AvgIpc) is 3.11. The number of thiophene rings is 1. The number of rotatable bonds is 6. The van der Waals surface area contributed by atoms with Crippen molar-refractivity contribution < 1.29 is 14.4 Å². The minimum absolute atomic E-state index is 0.162. The van der Waals surface area contributed by atoms with E-state index in [2.05, 4.69) is 21.3 Å². The topological polar surface area (TPSA) is 99.3 Å². The molecule has 1 heterocycles. The van der Waals surface area contributed by atoms with Gasteiger partial charge < -0.3 is 16.0 Å². The molecule has 1 aromatic carbocycles. The third-order valence-electron chi connectivity index (χ3n) is 3.24. The lowest BCUT2D eigenvalue weighted by Gasteiger charge is -2.15. The smallest absolute Gasteiger partial charge is 0.321 e. The zero-order chi connectivity index (χ0) is 18.2. The van der Waals surface area contributed by atoms with Crippen LogP contribution >= 0.6 is 11.3 Å². The highest BCUT2D eigenvalue weighted by molar-refractivity contribution is 7.12. The van der Waals surface area contributed by atoms with Crippen LogP contribution in [0.4, 0.5) is 16.2 Å². The number of amides is 4. The van der Waals surface area contributed by atoms with E-state index < -0.39 is 18.0 Å². The molecule has 4 N–H and O–H groups in total. The van der Waals surface area contributed by atoms with Gasteiger partial charge in [-0.05, 0) is 49.6 Å². The monoisotopic (exact) mass is 360 g/mol.